The van der Waals surface area contributed by atoms with Crippen LogP contribution in [0, 0.1) is 11.8 Å². The maximum absolute atomic E-state index is 12.5. The molecule has 1 fully saturated rings. The largest absolute Gasteiger partial charge is 0.343 e. The molecule has 27 heavy (non-hydrogen) atoms. The SMILES string of the molecule is CC(=O)N1CCC(C(=O)N=C2C=CC3C(=C2)NC(=O)C2=C3CCCC2)CC1. The van der Waals surface area contributed by atoms with Crippen LogP contribution in [0.2, 0.25) is 0 Å². The van der Waals surface area contributed by atoms with Gasteiger partial charge in [-0.15, -0.1) is 0 Å². The van der Waals surface area contributed by atoms with Crippen LogP contribution in [0.4, 0.5) is 0 Å². The molecule has 6 heteroatoms. The van der Waals surface area contributed by atoms with Crippen LogP contribution in [0.15, 0.2) is 40.1 Å². The van der Waals surface area contributed by atoms with Crippen molar-refractivity contribution in [1.29, 1.82) is 0 Å². The van der Waals surface area contributed by atoms with Gasteiger partial charge in [-0.3, -0.25) is 14.4 Å². The Kier molecular flexibility index (Phi) is 4.81. The third kappa shape index (κ3) is 3.53. The molecule has 0 spiro atoms. The summed E-state index contributed by atoms with van der Waals surface area (Å²) < 4.78 is 0. The Bertz CT molecular complexity index is 811. The number of amides is 3. The summed E-state index contributed by atoms with van der Waals surface area (Å²) >= 11 is 0. The van der Waals surface area contributed by atoms with Crippen molar-refractivity contribution in [3.63, 3.8) is 0 Å². The third-order valence-electron chi connectivity index (χ3n) is 6.04. The van der Waals surface area contributed by atoms with Gasteiger partial charge in [-0.25, -0.2) is 4.99 Å². The van der Waals surface area contributed by atoms with Crippen LogP contribution >= 0.6 is 0 Å². The lowest BCUT2D eigenvalue weighted by molar-refractivity contribution is -0.132. The van der Waals surface area contributed by atoms with Crippen molar-refractivity contribution in [2.24, 2.45) is 16.8 Å². The highest BCUT2D eigenvalue weighted by Gasteiger charge is 2.33. The summed E-state index contributed by atoms with van der Waals surface area (Å²) in [7, 11) is 0. The molecule has 4 aliphatic rings. The first-order chi connectivity index (χ1) is 13.0. The van der Waals surface area contributed by atoms with Gasteiger partial charge in [0.1, 0.15) is 0 Å². The van der Waals surface area contributed by atoms with Crippen LogP contribution in [-0.4, -0.2) is 41.4 Å². The number of hydrogen-bond donors (Lipinski definition) is 1. The molecule has 142 valence electrons. The van der Waals surface area contributed by atoms with E-state index in [-0.39, 0.29) is 29.6 Å². The minimum atomic E-state index is -0.133. The maximum Gasteiger partial charge on any atom is 0.251 e. The van der Waals surface area contributed by atoms with Gasteiger partial charge in [0.15, 0.2) is 0 Å². The van der Waals surface area contributed by atoms with E-state index in [4.69, 9.17) is 0 Å². The molecule has 2 aliphatic heterocycles. The average Bonchev–Trinajstić information content (AvgIpc) is 2.68. The quantitative estimate of drug-likeness (QED) is 0.772. The van der Waals surface area contributed by atoms with Crippen molar-refractivity contribution in [3.8, 4) is 0 Å². The standard InChI is InChI=1S/C21H25N3O3/c1-13(25)24-10-8-14(9-11-24)20(26)22-15-6-7-17-16-4-2-3-5-18(16)21(27)23-19(17)12-15/h6-7,12,14,17H,2-5,8-11H2,1H3,(H,23,27). The van der Waals surface area contributed by atoms with Gasteiger partial charge in [0.2, 0.25) is 11.8 Å². The number of carbonyl (C=O) groups excluding carboxylic acids is 3. The number of piperidine rings is 1. The molecule has 0 saturated carbocycles. The van der Waals surface area contributed by atoms with Crippen molar-refractivity contribution >= 4 is 23.4 Å². The fourth-order valence-corrected chi connectivity index (χ4v) is 4.48. The maximum atomic E-state index is 12.5. The first-order valence-corrected chi connectivity index (χ1v) is 9.84. The Labute approximate surface area is 159 Å². The topological polar surface area (TPSA) is 78.8 Å². The second-order valence-electron chi connectivity index (χ2n) is 7.76. The van der Waals surface area contributed by atoms with Gasteiger partial charge >= 0.3 is 0 Å². The van der Waals surface area contributed by atoms with Crippen LogP contribution in [0.3, 0.4) is 0 Å². The molecule has 1 unspecified atom stereocenters. The van der Waals surface area contributed by atoms with E-state index in [0.717, 1.165) is 37.0 Å². The number of aliphatic imine (C=N–C) groups is 1. The van der Waals surface area contributed by atoms with Crippen LogP contribution < -0.4 is 5.32 Å². The summed E-state index contributed by atoms with van der Waals surface area (Å²) in [6.07, 6.45) is 11.1. The summed E-state index contributed by atoms with van der Waals surface area (Å²) in [4.78, 5) is 42.4. The minimum absolute atomic E-state index is 0.00443. The Morgan fingerprint density at radius 2 is 1.93 bits per heavy atom. The van der Waals surface area contributed by atoms with Crippen molar-refractivity contribution < 1.29 is 14.4 Å². The van der Waals surface area contributed by atoms with E-state index in [1.807, 2.05) is 12.2 Å². The zero-order valence-corrected chi connectivity index (χ0v) is 15.7. The van der Waals surface area contributed by atoms with E-state index in [0.29, 0.717) is 31.6 Å². The highest BCUT2D eigenvalue weighted by atomic mass is 16.2. The Morgan fingerprint density at radius 3 is 2.67 bits per heavy atom. The van der Waals surface area contributed by atoms with E-state index in [1.54, 1.807) is 11.8 Å². The molecule has 0 aromatic heterocycles. The molecule has 4 rings (SSSR count). The van der Waals surface area contributed by atoms with Gasteiger partial charge in [-0.05, 0) is 56.3 Å². The molecule has 1 atom stereocenters. The molecular formula is C21H25N3O3. The number of nitrogens with one attached hydrogen (secondary N) is 1. The second-order valence-corrected chi connectivity index (χ2v) is 7.76. The predicted octanol–water partition coefficient (Wildman–Crippen LogP) is 2.28. The molecule has 2 aliphatic carbocycles. The molecule has 1 N–H and O–H groups in total. The molecule has 3 amide bonds. The van der Waals surface area contributed by atoms with E-state index in [2.05, 4.69) is 16.4 Å². The van der Waals surface area contributed by atoms with Gasteiger partial charge in [0, 0.05) is 43.1 Å². The number of hydrogen-bond acceptors (Lipinski definition) is 3. The number of nitrogens with zero attached hydrogens (tertiary/aromatic N) is 2. The molecule has 0 aromatic rings. The van der Waals surface area contributed by atoms with Crippen LogP contribution in [0.25, 0.3) is 0 Å². The number of rotatable bonds is 1. The third-order valence-corrected chi connectivity index (χ3v) is 6.04. The van der Waals surface area contributed by atoms with Gasteiger partial charge in [-0.1, -0.05) is 6.08 Å². The highest BCUT2D eigenvalue weighted by molar-refractivity contribution is 6.12. The average molecular weight is 367 g/mol. The van der Waals surface area contributed by atoms with E-state index >= 15 is 0 Å². The van der Waals surface area contributed by atoms with E-state index < -0.39 is 0 Å². The van der Waals surface area contributed by atoms with Gasteiger partial charge in [-0.2, -0.15) is 0 Å². The van der Waals surface area contributed by atoms with E-state index in [9.17, 15) is 14.4 Å². The molecule has 0 aromatic carbocycles. The summed E-state index contributed by atoms with van der Waals surface area (Å²) in [5.41, 5.74) is 3.61. The Morgan fingerprint density at radius 1 is 1.19 bits per heavy atom. The van der Waals surface area contributed by atoms with Gasteiger partial charge in [0.05, 0.1) is 5.71 Å². The van der Waals surface area contributed by atoms with Gasteiger partial charge in [0.25, 0.3) is 5.91 Å². The van der Waals surface area contributed by atoms with Crippen molar-refractivity contribution in [2.75, 3.05) is 13.1 Å². The predicted molar refractivity (Wildman–Crippen MR) is 102 cm³/mol. The van der Waals surface area contributed by atoms with Crippen molar-refractivity contribution in [1.82, 2.24) is 10.2 Å². The summed E-state index contributed by atoms with van der Waals surface area (Å²) in [5, 5.41) is 3.00. The monoisotopic (exact) mass is 367 g/mol. The molecule has 0 bridgehead atoms. The summed E-state index contributed by atoms with van der Waals surface area (Å²) in [6.45, 7) is 2.79. The van der Waals surface area contributed by atoms with Crippen molar-refractivity contribution in [3.05, 3.63) is 35.1 Å². The van der Waals surface area contributed by atoms with Crippen LogP contribution in [0.1, 0.15) is 45.4 Å². The van der Waals surface area contributed by atoms with Gasteiger partial charge < -0.3 is 10.2 Å². The molecule has 0 radical (unpaired) electrons. The number of allylic oxidation sites excluding steroid dienone is 3. The number of carbonyl (C=O) groups is 3. The first kappa shape index (κ1) is 17.9. The molecular weight excluding hydrogens is 342 g/mol. The fourth-order valence-electron chi connectivity index (χ4n) is 4.48. The molecule has 6 nitrogen and oxygen atoms in total. The lowest BCUT2D eigenvalue weighted by atomic mass is 9.77. The summed E-state index contributed by atoms with van der Waals surface area (Å²) in [6, 6.07) is 0. The van der Waals surface area contributed by atoms with E-state index in [1.165, 1.54) is 5.57 Å². The Hall–Kier alpha value is -2.50. The smallest absolute Gasteiger partial charge is 0.251 e. The van der Waals surface area contributed by atoms with Crippen molar-refractivity contribution in [2.45, 2.75) is 45.4 Å². The Balaban J connectivity index is 1.48. The highest BCUT2D eigenvalue weighted by Crippen LogP contribution is 2.38. The number of fused-ring (bicyclic) bond motifs is 2. The lowest BCUT2D eigenvalue weighted by Crippen LogP contribution is -2.39. The van der Waals surface area contributed by atoms with Crippen LogP contribution in [-0.2, 0) is 14.4 Å². The minimum Gasteiger partial charge on any atom is -0.343 e. The zero-order chi connectivity index (χ0) is 19.0. The molecule has 1 saturated heterocycles. The second kappa shape index (κ2) is 7.25. The first-order valence-electron chi connectivity index (χ1n) is 9.84. The normalized spacial score (nSPS) is 27.1. The fraction of sp³-hybridized carbons (Fsp3) is 0.524. The molecule has 2 heterocycles. The van der Waals surface area contributed by atoms with Crippen LogP contribution in [0.5, 0.6) is 0 Å². The zero-order valence-electron chi connectivity index (χ0n) is 15.7. The lowest BCUT2D eigenvalue weighted by Gasteiger charge is -2.33. The summed E-state index contributed by atoms with van der Waals surface area (Å²) in [5.74, 6) is -0.0858. The number of likely N-dealkylation sites (tertiary alicyclic amines) is 1.